The summed E-state index contributed by atoms with van der Waals surface area (Å²) in [6.07, 6.45) is 0. The number of nitrogens with two attached hydrogens (primary N) is 1. The first-order valence-corrected chi connectivity index (χ1v) is 17.4. The molecular formula is C45H30N2OS. The molecule has 3 nitrogen and oxygen atoms in total. The number of benzene rings is 8. The molecule has 0 aliphatic heterocycles. The Hall–Kier alpha value is -6.10. The first kappa shape index (κ1) is 28.0. The Bertz CT molecular complexity index is 2900. The number of hydrogen-bond donors (Lipinski definition) is 1. The lowest BCUT2D eigenvalue weighted by Crippen LogP contribution is -2.02. The van der Waals surface area contributed by atoms with E-state index in [1.165, 1.54) is 69.3 Å². The highest BCUT2D eigenvalue weighted by Crippen LogP contribution is 2.44. The number of hydrogen-bond acceptors (Lipinski definition) is 3. The van der Waals surface area contributed by atoms with E-state index in [-0.39, 0.29) is 0 Å². The summed E-state index contributed by atoms with van der Waals surface area (Å²) in [6, 6.07) is 56.4. The average Bonchev–Trinajstić information content (AvgIpc) is 3.68. The van der Waals surface area contributed by atoms with E-state index in [0.29, 0.717) is 12.3 Å². The molecule has 10 aromatic rings. The van der Waals surface area contributed by atoms with Gasteiger partial charge < -0.3 is 15.0 Å². The monoisotopic (exact) mass is 646 g/mol. The van der Waals surface area contributed by atoms with Crippen LogP contribution in [0.1, 0.15) is 5.56 Å². The van der Waals surface area contributed by atoms with Gasteiger partial charge in [-0.25, -0.2) is 0 Å². The summed E-state index contributed by atoms with van der Waals surface area (Å²) in [6.45, 7) is 0.400. The third-order valence-corrected chi connectivity index (χ3v) is 11.0. The molecule has 8 aromatic carbocycles. The number of rotatable bonds is 5. The zero-order chi connectivity index (χ0) is 32.5. The summed E-state index contributed by atoms with van der Waals surface area (Å²) in [5.41, 5.74) is 14.4. The minimum atomic E-state index is 0.400. The number of ether oxygens (including phenoxy) is 1. The summed E-state index contributed by atoms with van der Waals surface area (Å²) in [5, 5.41) is 9.59. The number of nitrogen functional groups attached to an aromatic ring is 1. The van der Waals surface area contributed by atoms with Crippen LogP contribution in [0.2, 0.25) is 0 Å². The van der Waals surface area contributed by atoms with Crippen molar-refractivity contribution < 1.29 is 4.74 Å². The molecule has 0 atom stereocenters. The zero-order valence-electron chi connectivity index (χ0n) is 26.6. The molecule has 0 saturated carbocycles. The van der Waals surface area contributed by atoms with E-state index in [9.17, 15) is 0 Å². The van der Waals surface area contributed by atoms with Gasteiger partial charge in [-0.3, -0.25) is 0 Å². The number of thiophene rings is 1. The molecular weight excluding hydrogens is 617 g/mol. The van der Waals surface area contributed by atoms with E-state index in [1.54, 1.807) is 11.3 Å². The van der Waals surface area contributed by atoms with Crippen molar-refractivity contribution in [3.63, 3.8) is 0 Å². The van der Waals surface area contributed by atoms with E-state index in [4.69, 9.17) is 10.5 Å². The summed E-state index contributed by atoms with van der Waals surface area (Å²) in [5.74, 6) is 0.747. The van der Waals surface area contributed by atoms with Gasteiger partial charge in [-0.2, -0.15) is 0 Å². The van der Waals surface area contributed by atoms with E-state index >= 15 is 0 Å². The predicted octanol–water partition coefficient (Wildman–Crippen LogP) is 12.3. The van der Waals surface area contributed by atoms with Gasteiger partial charge in [-0.15, -0.1) is 11.3 Å². The van der Waals surface area contributed by atoms with Gasteiger partial charge in [-0.1, -0.05) is 109 Å². The minimum Gasteiger partial charge on any atom is -0.486 e. The van der Waals surface area contributed by atoms with E-state index < -0.39 is 0 Å². The second-order valence-electron chi connectivity index (χ2n) is 12.7. The van der Waals surface area contributed by atoms with Gasteiger partial charge in [0.1, 0.15) is 6.61 Å². The fourth-order valence-electron chi connectivity index (χ4n) is 7.55. The van der Waals surface area contributed by atoms with Crippen LogP contribution < -0.4 is 10.5 Å². The zero-order valence-corrected chi connectivity index (χ0v) is 27.4. The van der Waals surface area contributed by atoms with Gasteiger partial charge in [0, 0.05) is 36.3 Å². The number of para-hydroxylation sites is 1. The van der Waals surface area contributed by atoms with Crippen LogP contribution in [0.15, 0.2) is 158 Å². The lowest BCUT2D eigenvalue weighted by Gasteiger charge is -2.16. The summed E-state index contributed by atoms with van der Waals surface area (Å²) in [4.78, 5) is 0. The highest BCUT2D eigenvalue weighted by atomic mass is 32.1. The van der Waals surface area contributed by atoms with Crippen molar-refractivity contribution in [3.05, 3.63) is 163 Å². The summed E-state index contributed by atoms with van der Waals surface area (Å²) in [7, 11) is 0. The van der Waals surface area contributed by atoms with Gasteiger partial charge in [0.05, 0.1) is 22.4 Å². The predicted molar refractivity (Wildman–Crippen MR) is 209 cm³/mol. The Kier molecular flexibility index (Phi) is 6.27. The Balaban J connectivity index is 1.10. The molecule has 0 saturated heterocycles. The Morgan fingerprint density at radius 1 is 0.510 bits per heavy atom. The van der Waals surface area contributed by atoms with E-state index in [1.807, 2.05) is 6.07 Å². The van der Waals surface area contributed by atoms with Crippen molar-refractivity contribution in [2.24, 2.45) is 0 Å². The Morgan fingerprint density at radius 3 is 2.08 bits per heavy atom. The summed E-state index contributed by atoms with van der Waals surface area (Å²) >= 11 is 1.78. The van der Waals surface area contributed by atoms with E-state index in [2.05, 4.69) is 156 Å². The van der Waals surface area contributed by atoms with Gasteiger partial charge in [0.2, 0.25) is 0 Å². The van der Waals surface area contributed by atoms with Gasteiger partial charge in [0.15, 0.2) is 5.75 Å². The lowest BCUT2D eigenvalue weighted by atomic mass is 10.0. The molecule has 0 unspecified atom stereocenters. The van der Waals surface area contributed by atoms with Crippen molar-refractivity contribution in [2.45, 2.75) is 6.61 Å². The fraction of sp³-hybridized carbons (Fsp3) is 0.0222. The molecule has 232 valence electrons. The van der Waals surface area contributed by atoms with Gasteiger partial charge >= 0.3 is 0 Å². The topological polar surface area (TPSA) is 40.2 Å². The van der Waals surface area contributed by atoms with Gasteiger partial charge in [-0.05, 0) is 81.4 Å². The van der Waals surface area contributed by atoms with Crippen LogP contribution in [0, 0.1) is 0 Å². The van der Waals surface area contributed by atoms with Crippen LogP contribution in [0.5, 0.6) is 5.75 Å². The first-order valence-electron chi connectivity index (χ1n) is 16.6. The maximum atomic E-state index is 6.75. The maximum absolute atomic E-state index is 6.75. The van der Waals surface area contributed by atoms with Crippen LogP contribution in [-0.2, 0) is 6.61 Å². The van der Waals surface area contributed by atoms with Crippen molar-refractivity contribution in [3.8, 4) is 22.6 Å². The minimum absolute atomic E-state index is 0.400. The molecule has 0 amide bonds. The van der Waals surface area contributed by atoms with Crippen LogP contribution in [0.4, 0.5) is 5.69 Å². The molecule has 49 heavy (non-hydrogen) atoms. The molecule has 4 heteroatoms. The molecule has 0 spiro atoms. The first-order chi connectivity index (χ1) is 24.2. The molecule has 0 aliphatic rings. The molecule has 2 N–H and O–H groups in total. The van der Waals surface area contributed by atoms with Crippen LogP contribution in [-0.4, -0.2) is 4.57 Å². The van der Waals surface area contributed by atoms with Crippen molar-refractivity contribution >= 4 is 80.5 Å². The van der Waals surface area contributed by atoms with Crippen LogP contribution in [0.3, 0.4) is 0 Å². The lowest BCUT2D eigenvalue weighted by molar-refractivity contribution is 0.313. The standard InChI is InChI=1S/C45H30N2OS/c46-38-20-23-43-44(37-25-31(19-22-42(37)49-43)28-10-2-1-3-11-28)45(38)48-27-32-18-21-40(34-15-7-6-14-33(32)34)47-39-17-9-8-16-35(39)36-24-29-12-4-5-13-30(29)26-41(36)47/h1-26H,27,46H2. The van der Waals surface area contributed by atoms with Gasteiger partial charge in [0.25, 0.3) is 0 Å². The molecule has 0 aliphatic carbocycles. The Labute approximate surface area is 287 Å². The Morgan fingerprint density at radius 2 is 1.22 bits per heavy atom. The quantitative estimate of drug-likeness (QED) is 0.189. The van der Waals surface area contributed by atoms with Crippen molar-refractivity contribution in [1.29, 1.82) is 0 Å². The molecule has 10 rings (SSSR count). The largest absolute Gasteiger partial charge is 0.486 e. The third-order valence-electron chi connectivity index (χ3n) is 9.87. The second-order valence-corrected chi connectivity index (χ2v) is 13.8. The average molecular weight is 647 g/mol. The molecule has 2 aromatic heterocycles. The van der Waals surface area contributed by atoms with Crippen LogP contribution >= 0.6 is 11.3 Å². The highest BCUT2D eigenvalue weighted by Gasteiger charge is 2.18. The molecule has 0 radical (unpaired) electrons. The third kappa shape index (κ3) is 4.42. The smallest absolute Gasteiger partial charge is 0.151 e. The van der Waals surface area contributed by atoms with Crippen molar-refractivity contribution in [1.82, 2.24) is 4.57 Å². The second kappa shape index (κ2) is 11.0. The number of anilines is 1. The highest BCUT2D eigenvalue weighted by molar-refractivity contribution is 7.25. The number of nitrogens with zero attached hydrogens (tertiary/aromatic N) is 1. The van der Waals surface area contributed by atoms with Crippen LogP contribution in [0.25, 0.3) is 80.3 Å². The SMILES string of the molecule is Nc1ccc2sc3ccc(-c4ccccc4)cc3c2c1OCc1ccc(-n2c3ccccc3c3cc4ccccc4cc32)c2ccccc12. The molecule has 2 heterocycles. The molecule has 0 fully saturated rings. The number of fused-ring (bicyclic) bond motifs is 8. The van der Waals surface area contributed by atoms with Crippen molar-refractivity contribution in [2.75, 3.05) is 5.73 Å². The van der Waals surface area contributed by atoms with E-state index in [0.717, 1.165) is 22.4 Å². The normalized spacial score (nSPS) is 11.8. The number of aromatic nitrogens is 1. The summed E-state index contributed by atoms with van der Waals surface area (Å²) < 4.78 is 11.6. The maximum Gasteiger partial charge on any atom is 0.151 e. The molecule has 0 bridgehead atoms. The fourth-order valence-corrected chi connectivity index (χ4v) is 8.64.